The molecule has 2 aromatic carbocycles. The first kappa shape index (κ1) is 19.3. The highest BCUT2D eigenvalue weighted by atomic mass is 16.5. The van der Waals surface area contributed by atoms with E-state index in [4.69, 9.17) is 9.47 Å². The summed E-state index contributed by atoms with van der Waals surface area (Å²) in [6.07, 6.45) is 2.20. The van der Waals surface area contributed by atoms with Crippen LogP contribution in [0.3, 0.4) is 0 Å². The van der Waals surface area contributed by atoms with Crippen molar-refractivity contribution >= 4 is 17.4 Å². The van der Waals surface area contributed by atoms with Crippen molar-refractivity contribution in [2.75, 3.05) is 30.9 Å². The van der Waals surface area contributed by atoms with Crippen molar-refractivity contribution in [2.45, 2.75) is 6.42 Å². The van der Waals surface area contributed by atoms with Crippen molar-refractivity contribution < 1.29 is 14.3 Å². The number of carbonyl (C=O) groups excluding carboxylic acids is 1. The Morgan fingerprint density at radius 3 is 2.64 bits per heavy atom. The molecule has 0 aliphatic carbocycles. The second-order valence-electron chi connectivity index (χ2n) is 5.93. The monoisotopic (exact) mass is 378 g/mol. The Bertz CT molecular complexity index is 903. The molecule has 1 heterocycles. The largest absolute Gasteiger partial charge is 0.455 e. The summed E-state index contributed by atoms with van der Waals surface area (Å²) in [5.41, 5.74) is 0.823. The summed E-state index contributed by atoms with van der Waals surface area (Å²) < 4.78 is 10.9. The molecule has 0 saturated carbocycles. The van der Waals surface area contributed by atoms with Crippen LogP contribution in [0, 0.1) is 0 Å². The van der Waals surface area contributed by atoms with Gasteiger partial charge in [0.25, 0.3) is 5.91 Å². The highest BCUT2D eigenvalue weighted by molar-refractivity contribution is 6.04. The SMILES string of the molecule is COCCCNc1cc(C(=O)Nc2ccccc2Oc2ccccc2)ncn1. The first-order valence-corrected chi connectivity index (χ1v) is 8.94. The van der Waals surface area contributed by atoms with Crippen LogP contribution in [0.4, 0.5) is 11.5 Å². The number of aromatic nitrogens is 2. The molecule has 7 nitrogen and oxygen atoms in total. The number of ether oxygens (including phenoxy) is 2. The van der Waals surface area contributed by atoms with E-state index >= 15 is 0 Å². The molecule has 3 aromatic rings. The molecular formula is C21H22N4O3. The fourth-order valence-electron chi connectivity index (χ4n) is 2.47. The molecule has 3 rings (SSSR count). The third kappa shape index (κ3) is 5.52. The molecule has 1 aromatic heterocycles. The summed E-state index contributed by atoms with van der Waals surface area (Å²) in [6, 6.07) is 18.3. The maximum atomic E-state index is 12.6. The maximum absolute atomic E-state index is 12.6. The first-order chi connectivity index (χ1) is 13.8. The van der Waals surface area contributed by atoms with E-state index in [1.807, 2.05) is 42.5 Å². The zero-order chi connectivity index (χ0) is 19.6. The number of nitrogens with one attached hydrogen (secondary N) is 2. The van der Waals surface area contributed by atoms with E-state index in [9.17, 15) is 4.79 Å². The number of carbonyl (C=O) groups is 1. The second kappa shape index (κ2) is 10.0. The van der Waals surface area contributed by atoms with Crippen LogP contribution in [0.5, 0.6) is 11.5 Å². The number of methoxy groups -OCH3 is 1. The Hall–Kier alpha value is -3.45. The smallest absolute Gasteiger partial charge is 0.274 e. The summed E-state index contributed by atoms with van der Waals surface area (Å²) in [6.45, 7) is 1.35. The van der Waals surface area contributed by atoms with Crippen molar-refractivity contribution in [3.05, 3.63) is 72.7 Å². The normalized spacial score (nSPS) is 10.3. The Labute approximate surface area is 163 Å². The van der Waals surface area contributed by atoms with Crippen LogP contribution < -0.4 is 15.4 Å². The fourth-order valence-corrected chi connectivity index (χ4v) is 2.47. The van der Waals surface area contributed by atoms with Crippen LogP contribution in [-0.2, 0) is 4.74 Å². The molecule has 0 aliphatic rings. The van der Waals surface area contributed by atoms with E-state index in [1.54, 1.807) is 25.3 Å². The van der Waals surface area contributed by atoms with Crippen LogP contribution in [-0.4, -0.2) is 36.1 Å². The van der Waals surface area contributed by atoms with Gasteiger partial charge in [-0.2, -0.15) is 0 Å². The van der Waals surface area contributed by atoms with Crippen LogP contribution in [0.2, 0.25) is 0 Å². The highest BCUT2D eigenvalue weighted by Gasteiger charge is 2.12. The predicted molar refractivity (Wildman–Crippen MR) is 108 cm³/mol. The Kier molecular flexibility index (Phi) is 6.92. The molecule has 28 heavy (non-hydrogen) atoms. The van der Waals surface area contributed by atoms with Gasteiger partial charge in [0.2, 0.25) is 0 Å². The van der Waals surface area contributed by atoms with E-state index in [-0.39, 0.29) is 11.6 Å². The second-order valence-corrected chi connectivity index (χ2v) is 5.93. The Balaban J connectivity index is 1.68. The van der Waals surface area contributed by atoms with E-state index in [0.29, 0.717) is 36.2 Å². The van der Waals surface area contributed by atoms with Gasteiger partial charge in [0.15, 0.2) is 5.75 Å². The number of benzene rings is 2. The van der Waals surface area contributed by atoms with Crippen LogP contribution in [0.25, 0.3) is 0 Å². The van der Waals surface area contributed by atoms with Gasteiger partial charge in [-0.3, -0.25) is 4.79 Å². The molecule has 0 bridgehead atoms. The van der Waals surface area contributed by atoms with Crippen LogP contribution >= 0.6 is 0 Å². The molecule has 1 amide bonds. The number of anilines is 2. The number of para-hydroxylation sites is 3. The number of rotatable bonds is 9. The van der Waals surface area contributed by atoms with Crippen molar-refractivity contribution in [2.24, 2.45) is 0 Å². The lowest BCUT2D eigenvalue weighted by molar-refractivity contribution is 0.102. The van der Waals surface area contributed by atoms with Crippen molar-refractivity contribution in [1.29, 1.82) is 0 Å². The lowest BCUT2D eigenvalue weighted by atomic mass is 10.2. The van der Waals surface area contributed by atoms with E-state index in [1.165, 1.54) is 6.33 Å². The zero-order valence-corrected chi connectivity index (χ0v) is 15.6. The fraction of sp³-hybridized carbons (Fsp3) is 0.190. The van der Waals surface area contributed by atoms with E-state index in [2.05, 4.69) is 20.6 Å². The summed E-state index contributed by atoms with van der Waals surface area (Å²) in [5, 5.41) is 6.00. The molecule has 0 unspecified atom stereocenters. The van der Waals surface area contributed by atoms with E-state index in [0.717, 1.165) is 6.42 Å². The zero-order valence-electron chi connectivity index (χ0n) is 15.6. The summed E-state index contributed by atoms with van der Waals surface area (Å²) in [7, 11) is 1.66. The standard InChI is InChI=1S/C21H22N4O3/c1-27-13-7-12-22-20-14-18(23-15-24-20)21(26)25-17-10-5-6-11-19(17)28-16-8-3-2-4-9-16/h2-6,8-11,14-15H,7,12-13H2,1H3,(H,25,26)(H,22,23,24). The minimum Gasteiger partial charge on any atom is -0.455 e. The van der Waals surface area contributed by atoms with Gasteiger partial charge in [-0.25, -0.2) is 9.97 Å². The van der Waals surface area contributed by atoms with Crippen LogP contribution in [0.1, 0.15) is 16.9 Å². The topological polar surface area (TPSA) is 85.4 Å². The number of hydrogen-bond donors (Lipinski definition) is 2. The van der Waals surface area contributed by atoms with Gasteiger partial charge in [-0.15, -0.1) is 0 Å². The number of amides is 1. The summed E-state index contributed by atoms with van der Waals surface area (Å²) in [5.74, 6) is 1.49. The summed E-state index contributed by atoms with van der Waals surface area (Å²) in [4.78, 5) is 20.8. The molecular weight excluding hydrogens is 356 g/mol. The third-order valence-corrected chi connectivity index (χ3v) is 3.84. The number of nitrogens with zero attached hydrogens (tertiary/aromatic N) is 2. The molecule has 0 atom stereocenters. The van der Waals surface area contributed by atoms with Crippen molar-refractivity contribution in [3.8, 4) is 11.5 Å². The van der Waals surface area contributed by atoms with Crippen molar-refractivity contribution in [1.82, 2.24) is 9.97 Å². The lowest BCUT2D eigenvalue weighted by Crippen LogP contribution is -2.15. The van der Waals surface area contributed by atoms with E-state index < -0.39 is 0 Å². The van der Waals surface area contributed by atoms with Gasteiger partial charge < -0.3 is 20.1 Å². The quantitative estimate of drug-likeness (QED) is 0.548. The average Bonchev–Trinajstić information content (AvgIpc) is 2.74. The molecule has 0 spiro atoms. The number of hydrogen-bond acceptors (Lipinski definition) is 6. The minimum atomic E-state index is -0.341. The molecule has 0 radical (unpaired) electrons. The Morgan fingerprint density at radius 1 is 1.04 bits per heavy atom. The minimum absolute atomic E-state index is 0.263. The molecule has 0 fully saturated rings. The molecule has 2 N–H and O–H groups in total. The highest BCUT2D eigenvalue weighted by Crippen LogP contribution is 2.29. The van der Waals surface area contributed by atoms with Crippen molar-refractivity contribution in [3.63, 3.8) is 0 Å². The molecule has 0 aliphatic heterocycles. The van der Waals surface area contributed by atoms with Gasteiger partial charge in [0.05, 0.1) is 5.69 Å². The van der Waals surface area contributed by atoms with Crippen LogP contribution in [0.15, 0.2) is 67.0 Å². The molecule has 0 saturated heterocycles. The summed E-state index contributed by atoms with van der Waals surface area (Å²) >= 11 is 0. The predicted octanol–water partition coefficient (Wildman–Crippen LogP) is 3.97. The first-order valence-electron chi connectivity index (χ1n) is 8.94. The lowest BCUT2D eigenvalue weighted by Gasteiger charge is -2.12. The van der Waals surface area contributed by atoms with Gasteiger partial charge in [-0.05, 0) is 30.7 Å². The molecule has 7 heteroatoms. The third-order valence-electron chi connectivity index (χ3n) is 3.84. The van der Waals surface area contributed by atoms with Gasteiger partial charge in [0, 0.05) is 26.3 Å². The van der Waals surface area contributed by atoms with Gasteiger partial charge in [-0.1, -0.05) is 30.3 Å². The van der Waals surface area contributed by atoms with Gasteiger partial charge >= 0.3 is 0 Å². The maximum Gasteiger partial charge on any atom is 0.274 e. The van der Waals surface area contributed by atoms with Gasteiger partial charge in [0.1, 0.15) is 23.6 Å². The molecule has 144 valence electrons. The average molecular weight is 378 g/mol. The Morgan fingerprint density at radius 2 is 1.82 bits per heavy atom.